The number of H-pyrrole nitrogens is 1. The zero-order valence-electron chi connectivity index (χ0n) is 16.2. The summed E-state index contributed by atoms with van der Waals surface area (Å²) < 4.78 is 10.2. The number of aromatic nitrogens is 4. The van der Waals surface area contributed by atoms with Crippen molar-refractivity contribution >= 4 is 21.6 Å². The van der Waals surface area contributed by atoms with Gasteiger partial charge >= 0.3 is 5.69 Å². The van der Waals surface area contributed by atoms with Gasteiger partial charge in [0.2, 0.25) is 0 Å². The molecule has 3 aromatic rings. The van der Waals surface area contributed by atoms with Crippen LogP contribution in [0.1, 0.15) is 43.2 Å². The Morgan fingerprint density at radius 3 is 2.71 bits per heavy atom. The molecule has 1 atom stereocenters. The van der Waals surface area contributed by atoms with Crippen LogP contribution in [-0.2, 0) is 17.8 Å². The fraction of sp³-hybridized carbons (Fsp3) is 0.526. The highest BCUT2D eigenvalue weighted by Gasteiger charge is 2.24. The van der Waals surface area contributed by atoms with Crippen LogP contribution in [0.4, 0.5) is 0 Å². The molecule has 0 spiro atoms. The summed E-state index contributed by atoms with van der Waals surface area (Å²) in [4.78, 5) is 39.7. The average molecular weight is 404 g/mol. The molecule has 0 bridgehead atoms. The Labute approximate surface area is 165 Å². The van der Waals surface area contributed by atoms with Crippen LogP contribution in [0.2, 0.25) is 0 Å². The molecule has 0 radical (unpaired) electrons. The second-order valence-electron chi connectivity index (χ2n) is 7.51. The lowest BCUT2D eigenvalue weighted by molar-refractivity contribution is 0.0965. The summed E-state index contributed by atoms with van der Waals surface area (Å²) in [5.74, 6) is 0. The maximum atomic E-state index is 13.1. The van der Waals surface area contributed by atoms with Gasteiger partial charge in [0.1, 0.15) is 4.83 Å². The van der Waals surface area contributed by atoms with Gasteiger partial charge in [0.05, 0.1) is 24.6 Å². The van der Waals surface area contributed by atoms with Crippen molar-refractivity contribution in [1.82, 2.24) is 18.9 Å². The van der Waals surface area contributed by atoms with Gasteiger partial charge in [0, 0.05) is 29.8 Å². The second-order valence-corrected chi connectivity index (χ2v) is 8.60. The Hall–Kier alpha value is -2.39. The van der Waals surface area contributed by atoms with Crippen LogP contribution in [0.5, 0.6) is 0 Å². The molecule has 1 N–H and O–H groups in total. The topological polar surface area (TPSA) is 91.0 Å². The zero-order chi connectivity index (χ0) is 20.0. The smallest absolute Gasteiger partial charge is 0.332 e. The van der Waals surface area contributed by atoms with Crippen molar-refractivity contribution in [2.75, 3.05) is 6.61 Å². The summed E-state index contributed by atoms with van der Waals surface area (Å²) >= 11 is 1.40. The predicted octanol–water partition coefficient (Wildman–Crippen LogP) is 1.83. The lowest BCUT2D eigenvalue weighted by Crippen LogP contribution is -2.42. The van der Waals surface area contributed by atoms with Crippen LogP contribution in [0.3, 0.4) is 0 Å². The lowest BCUT2D eigenvalue weighted by atomic mass is 10.2. The first-order chi connectivity index (χ1) is 13.4. The van der Waals surface area contributed by atoms with Crippen LogP contribution < -0.4 is 16.8 Å². The van der Waals surface area contributed by atoms with Crippen LogP contribution in [0, 0.1) is 6.92 Å². The zero-order valence-corrected chi connectivity index (χ0v) is 17.0. The number of hydrogen-bond acceptors (Lipinski definition) is 5. The van der Waals surface area contributed by atoms with Gasteiger partial charge in [0.15, 0.2) is 0 Å². The summed E-state index contributed by atoms with van der Waals surface area (Å²) in [6.45, 7) is 7.04. The molecule has 1 aliphatic heterocycles. The Kier molecular flexibility index (Phi) is 4.88. The molecule has 1 unspecified atom stereocenters. The van der Waals surface area contributed by atoms with E-state index in [0.29, 0.717) is 29.9 Å². The Bertz CT molecular complexity index is 1190. The van der Waals surface area contributed by atoms with E-state index in [0.717, 1.165) is 23.3 Å². The molecule has 0 aromatic carbocycles. The molecule has 0 saturated carbocycles. The molecule has 4 heterocycles. The predicted molar refractivity (Wildman–Crippen MR) is 109 cm³/mol. The minimum absolute atomic E-state index is 0.0177. The van der Waals surface area contributed by atoms with Gasteiger partial charge in [-0.1, -0.05) is 0 Å². The molecule has 9 heteroatoms. The Balaban J connectivity index is 1.93. The Morgan fingerprint density at radius 1 is 1.32 bits per heavy atom. The molecule has 1 saturated heterocycles. The van der Waals surface area contributed by atoms with Crippen LogP contribution in [0.15, 0.2) is 26.6 Å². The van der Waals surface area contributed by atoms with Crippen LogP contribution in [0.25, 0.3) is 10.2 Å². The number of aromatic amines is 1. The van der Waals surface area contributed by atoms with Gasteiger partial charge < -0.3 is 9.84 Å². The van der Waals surface area contributed by atoms with E-state index in [-0.39, 0.29) is 29.0 Å². The maximum absolute atomic E-state index is 13.1. The first kappa shape index (κ1) is 18.9. The SMILES string of the molecule is Cc1c(Cn2[nH]ccc2=O)sc2c1c(=O)n(C(C)C)c(=O)n2CC1CCCO1. The van der Waals surface area contributed by atoms with Gasteiger partial charge in [-0.3, -0.25) is 18.7 Å². The summed E-state index contributed by atoms with van der Waals surface area (Å²) in [6.07, 6.45) is 3.46. The fourth-order valence-electron chi connectivity index (χ4n) is 3.79. The molecule has 1 fully saturated rings. The van der Waals surface area contributed by atoms with E-state index in [1.165, 1.54) is 26.7 Å². The molecule has 4 rings (SSSR count). The second kappa shape index (κ2) is 7.21. The highest BCUT2D eigenvalue weighted by atomic mass is 32.1. The fourth-order valence-corrected chi connectivity index (χ4v) is 5.08. The number of aryl methyl sites for hydroxylation is 1. The summed E-state index contributed by atoms with van der Waals surface area (Å²) in [5.41, 5.74) is 0.125. The molecular formula is C19H24N4O4S. The van der Waals surface area contributed by atoms with Gasteiger partial charge in [-0.05, 0) is 39.2 Å². The molecule has 150 valence electrons. The highest BCUT2D eigenvalue weighted by Crippen LogP contribution is 2.29. The van der Waals surface area contributed by atoms with E-state index >= 15 is 0 Å². The maximum Gasteiger partial charge on any atom is 0.332 e. The third kappa shape index (κ3) is 3.08. The van der Waals surface area contributed by atoms with Gasteiger partial charge in [0.25, 0.3) is 11.1 Å². The van der Waals surface area contributed by atoms with E-state index < -0.39 is 0 Å². The molecule has 0 aliphatic carbocycles. The van der Waals surface area contributed by atoms with Crippen molar-refractivity contribution < 1.29 is 4.74 Å². The van der Waals surface area contributed by atoms with Crippen molar-refractivity contribution in [1.29, 1.82) is 0 Å². The average Bonchev–Trinajstić information content (AvgIpc) is 3.35. The number of nitrogens with one attached hydrogen (secondary N) is 1. The van der Waals surface area contributed by atoms with E-state index in [9.17, 15) is 14.4 Å². The van der Waals surface area contributed by atoms with Gasteiger partial charge in [-0.25, -0.2) is 9.48 Å². The molecule has 8 nitrogen and oxygen atoms in total. The Morgan fingerprint density at radius 2 is 2.11 bits per heavy atom. The lowest BCUT2D eigenvalue weighted by Gasteiger charge is -2.17. The summed E-state index contributed by atoms with van der Waals surface area (Å²) in [7, 11) is 0. The van der Waals surface area contributed by atoms with Gasteiger partial charge in [-0.15, -0.1) is 11.3 Å². The van der Waals surface area contributed by atoms with Crippen LogP contribution in [-0.4, -0.2) is 31.6 Å². The molecule has 1 aliphatic rings. The number of nitrogens with zero attached hydrogens (tertiary/aromatic N) is 3. The summed E-state index contributed by atoms with van der Waals surface area (Å²) in [5, 5.41) is 3.45. The van der Waals surface area contributed by atoms with E-state index in [1.54, 1.807) is 10.8 Å². The van der Waals surface area contributed by atoms with Gasteiger partial charge in [-0.2, -0.15) is 0 Å². The third-order valence-electron chi connectivity index (χ3n) is 5.29. The largest absolute Gasteiger partial charge is 0.376 e. The van der Waals surface area contributed by atoms with Crippen molar-refractivity contribution in [2.24, 2.45) is 0 Å². The summed E-state index contributed by atoms with van der Waals surface area (Å²) in [6, 6.07) is 1.22. The van der Waals surface area contributed by atoms with E-state index in [2.05, 4.69) is 5.10 Å². The number of fused-ring (bicyclic) bond motifs is 1. The minimum Gasteiger partial charge on any atom is -0.376 e. The first-order valence-corrected chi connectivity index (χ1v) is 10.3. The van der Waals surface area contributed by atoms with Crippen molar-refractivity contribution in [3.63, 3.8) is 0 Å². The third-order valence-corrected chi connectivity index (χ3v) is 6.59. The molecule has 3 aromatic heterocycles. The number of ether oxygens (including phenoxy) is 1. The van der Waals surface area contributed by atoms with Crippen LogP contribution >= 0.6 is 11.3 Å². The van der Waals surface area contributed by atoms with E-state index in [4.69, 9.17) is 4.74 Å². The number of thiophene rings is 1. The molecular weight excluding hydrogens is 380 g/mol. The minimum atomic E-state index is -0.298. The first-order valence-electron chi connectivity index (χ1n) is 9.51. The number of hydrogen-bond donors (Lipinski definition) is 1. The molecule has 0 amide bonds. The highest BCUT2D eigenvalue weighted by molar-refractivity contribution is 7.18. The standard InChI is InChI=1S/C19H24N4O4S/c1-11(2)23-17(25)16-12(3)14(10-22-15(24)6-7-20-22)28-18(16)21(19(23)26)9-13-5-4-8-27-13/h6-7,11,13,20H,4-5,8-10H2,1-3H3. The monoisotopic (exact) mass is 404 g/mol. The quantitative estimate of drug-likeness (QED) is 0.702. The van der Waals surface area contributed by atoms with Crippen molar-refractivity contribution in [3.05, 3.63) is 53.9 Å². The van der Waals surface area contributed by atoms with E-state index in [1.807, 2.05) is 20.8 Å². The normalized spacial score (nSPS) is 17.2. The number of rotatable bonds is 5. The van der Waals surface area contributed by atoms with Crippen molar-refractivity contribution in [2.45, 2.75) is 58.8 Å². The van der Waals surface area contributed by atoms with Crippen molar-refractivity contribution in [3.8, 4) is 0 Å². The molecule has 28 heavy (non-hydrogen) atoms.